The Morgan fingerprint density at radius 3 is 2.39 bits per heavy atom. The van der Waals surface area contributed by atoms with Crippen molar-refractivity contribution in [2.45, 2.75) is 4.90 Å². The van der Waals surface area contributed by atoms with Crippen LogP contribution in [-0.4, -0.2) is 44.8 Å². The van der Waals surface area contributed by atoms with Crippen LogP contribution in [0.5, 0.6) is 0 Å². The SMILES string of the molecule is O=C(Nc1ccccc1Br)c1cc(S(=O)(=O)N2CCN(c3cccc(Cl)c3)CC2)ccc1F. The number of carbonyl (C=O) groups excluding carboxylic acids is 1. The third-order valence-corrected chi connectivity index (χ3v) is 8.18. The van der Waals surface area contributed by atoms with Crippen LogP contribution in [0.1, 0.15) is 10.4 Å². The molecule has 0 unspecified atom stereocenters. The van der Waals surface area contributed by atoms with Crippen LogP contribution >= 0.6 is 27.5 Å². The van der Waals surface area contributed by atoms with Gasteiger partial charge in [0.2, 0.25) is 10.0 Å². The number of nitrogens with one attached hydrogen (secondary N) is 1. The van der Waals surface area contributed by atoms with Crippen LogP contribution in [-0.2, 0) is 10.0 Å². The summed E-state index contributed by atoms with van der Waals surface area (Å²) < 4.78 is 42.8. The van der Waals surface area contributed by atoms with E-state index in [1.165, 1.54) is 10.4 Å². The topological polar surface area (TPSA) is 69.7 Å². The molecule has 0 aromatic heterocycles. The van der Waals surface area contributed by atoms with Crippen LogP contribution < -0.4 is 10.2 Å². The fourth-order valence-corrected chi connectivity index (χ4v) is 5.62. The Morgan fingerprint density at radius 1 is 0.970 bits per heavy atom. The molecule has 3 aromatic carbocycles. The quantitative estimate of drug-likeness (QED) is 0.483. The highest BCUT2D eigenvalue weighted by atomic mass is 79.9. The molecule has 3 aromatic rings. The van der Waals surface area contributed by atoms with Gasteiger partial charge in [0.15, 0.2) is 0 Å². The minimum absolute atomic E-state index is 0.127. The van der Waals surface area contributed by atoms with E-state index < -0.39 is 21.7 Å². The van der Waals surface area contributed by atoms with Crippen LogP contribution in [0.4, 0.5) is 15.8 Å². The second-order valence-electron chi connectivity index (χ2n) is 7.45. The summed E-state index contributed by atoms with van der Waals surface area (Å²) in [7, 11) is -3.90. The van der Waals surface area contributed by atoms with Crippen molar-refractivity contribution in [3.8, 4) is 0 Å². The van der Waals surface area contributed by atoms with E-state index in [0.29, 0.717) is 28.3 Å². The van der Waals surface area contributed by atoms with Crippen LogP contribution in [0.2, 0.25) is 5.02 Å². The molecule has 1 aliphatic rings. The normalized spacial score (nSPS) is 14.8. The Balaban J connectivity index is 1.51. The molecule has 1 heterocycles. The predicted octanol–water partition coefficient (Wildman–Crippen LogP) is 5.00. The van der Waals surface area contributed by atoms with Gasteiger partial charge >= 0.3 is 0 Å². The molecule has 172 valence electrons. The summed E-state index contributed by atoms with van der Waals surface area (Å²) in [5, 5.41) is 3.22. The van der Waals surface area contributed by atoms with Crippen molar-refractivity contribution in [3.63, 3.8) is 0 Å². The van der Waals surface area contributed by atoms with E-state index in [1.807, 2.05) is 18.2 Å². The average molecular weight is 553 g/mol. The second-order valence-corrected chi connectivity index (χ2v) is 10.7. The first-order chi connectivity index (χ1) is 15.8. The molecular formula is C23H20BrClFN3O3S. The molecule has 4 rings (SSSR count). The number of halogens is 3. The number of sulfonamides is 1. The minimum atomic E-state index is -3.90. The number of piperazine rings is 1. The van der Waals surface area contributed by atoms with Crippen LogP contribution in [0.3, 0.4) is 0 Å². The number of amides is 1. The summed E-state index contributed by atoms with van der Waals surface area (Å²) in [6.07, 6.45) is 0. The number of carbonyl (C=O) groups is 1. The van der Waals surface area contributed by atoms with Gasteiger partial charge in [-0.2, -0.15) is 4.31 Å². The molecule has 6 nitrogen and oxygen atoms in total. The fraction of sp³-hybridized carbons (Fsp3) is 0.174. The Morgan fingerprint density at radius 2 is 1.70 bits per heavy atom. The standard InChI is InChI=1S/C23H20BrClFN3O3S/c24-20-6-1-2-7-22(20)27-23(30)19-15-18(8-9-21(19)26)33(31,32)29-12-10-28(11-13-29)17-5-3-4-16(25)14-17/h1-9,14-15H,10-13H2,(H,27,30). The molecule has 33 heavy (non-hydrogen) atoms. The number of benzene rings is 3. The Labute approximate surface area is 205 Å². The molecule has 0 bridgehead atoms. The van der Waals surface area contributed by atoms with Crippen molar-refractivity contribution in [2.75, 3.05) is 36.4 Å². The van der Waals surface area contributed by atoms with Gasteiger partial charge in [0.05, 0.1) is 16.1 Å². The first-order valence-corrected chi connectivity index (χ1v) is 12.7. The van der Waals surface area contributed by atoms with Crippen molar-refractivity contribution in [1.29, 1.82) is 0 Å². The third kappa shape index (κ3) is 5.22. The van der Waals surface area contributed by atoms with Crippen molar-refractivity contribution in [3.05, 3.63) is 87.6 Å². The number of rotatable bonds is 5. The first-order valence-electron chi connectivity index (χ1n) is 10.1. The Bertz CT molecular complexity index is 1300. The summed E-state index contributed by atoms with van der Waals surface area (Å²) in [5.74, 6) is -1.54. The molecule has 0 spiro atoms. The van der Waals surface area contributed by atoms with Crippen molar-refractivity contribution >= 4 is 54.8 Å². The Kier molecular flexibility index (Phi) is 7.04. The highest BCUT2D eigenvalue weighted by Gasteiger charge is 2.30. The molecule has 1 N–H and O–H groups in total. The van der Waals surface area contributed by atoms with Gasteiger partial charge in [0.25, 0.3) is 5.91 Å². The predicted molar refractivity (Wildman–Crippen MR) is 131 cm³/mol. The molecule has 1 fully saturated rings. The zero-order chi connectivity index (χ0) is 23.6. The van der Waals surface area contributed by atoms with Gasteiger partial charge in [0, 0.05) is 41.4 Å². The lowest BCUT2D eigenvalue weighted by Gasteiger charge is -2.35. The van der Waals surface area contributed by atoms with Gasteiger partial charge in [-0.15, -0.1) is 0 Å². The molecule has 0 saturated carbocycles. The summed E-state index contributed by atoms with van der Waals surface area (Å²) in [6, 6.07) is 17.5. The highest BCUT2D eigenvalue weighted by Crippen LogP contribution is 2.26. The van der Waals surface area contributed by atoms with E-state index in [2.05, 4.69) is 26.1 Å². The van der Waals surface area contributed by atoms with E-state index in [-0.39, 0.29) is 23.5 Å². The number of nitrogens with zero attached hydrogens (tertiary/aromatic N) is 2. The largest absolute Gasteiger partial charge is 0.369 e. The summed E-state index contributed by atoms with van der Waals surface area (Å²) in [6.45, 7) is 1.47. The van der Waals surface area contributed by atoms with Crippen molar-refractivity contribution in [1.82, 2.24) is 4.31 Å². The average Bonchev–Trinajstić information content (AvgIpc) is 2.81. The summed E-state index contributed by atoms with van der Waals surface area (Å²) >= 11 is 9.38. The first kappa shape index (κ1) is 23.7. The summed E-state index contributed by atoms with van der Waals surface area (Å²) in [4.78, 5) is 14.6. The van der Waals surface area contributed by atoms with Crippen molar-refractivity contribution in [2.24, 2.45) is 0 Å². The lowest BCUT2D eigenvalue weighted by atomic mass is 10.2. The zero-order valence-electron chi connectivity index (χ0n) is 17.3. The van der Waals surface area contributed by atoms with Gasteiger partial charge in [-0.25, -0.2) is 12.8 Å². The van der Waals surface area contributed by atoms with E-state index in [0.717, 1.165) is 17.8 Å². The number of hydrogen-bond donors (Lipinski definition) is 1. The molecule has 1 amide bonds. The van der Waals surface area contributed by atoms with E-state index in [1.54, 1.807) is 30.3 Å². The lowest BCUT2D eigenvalue weighted by Crippen LogP contribution is -2.48. The van der Waals surface area contributed by atoms with Crippen LogP contribution in [0.25, 0.3) is 0 Å². The van der Waals surface area contributed by atoms with Crippen LogP contribution in [0, 0.1) is 5.82 Å². The maximum absolute atomic E-state index is 14.4. The number of hydrogen-bond acceptors (Lipinski definition) is 4. The maximum Gasteiger partial charge on any atom is 0.258 e. The number of anilines is 2. The maximum atomic E-state index is 14.4. The fourth-order valence-electron chi connectivity index (χ4n) is 3.60. The molecule has 0 aliphatic carbocycles. The van der Waals surface area contributed by atoms with Gasteiger partial charge in [-0.3, -0.25) is 4.79 Å². The van der Waals surface area contributed by atoms with Gasteiger partial charge < -0.3 is 10.2 Å². The van der Waals surface area contributed by atoms with E-state index in [9.17, 15) is 17.6 Å². The second kappa shape index (κ2) is 9.80. The van der Waals surface area contributed by atoms with Gasteiger partial charge in [0.1, 0.15) is 5.82 Å². The smallest absolute Gasteiger partial charge is 0.258 e. The Hall–Kier alpha value is -2.46. The molecule has 10 heteroatoms. The molecular weight excluding hydrogens is 533 g/mol. The van der Waals surface area contributed by atoms with E-state index in [4.69, 9.17) is 11.6 Å². The molecule has 0 radical (unpaired) electrons. The minimum Gasteiger partial charge on any atom is -0.369 e. The molecule has 1 saturated heterocycles. The van der Waals surface area contributed by atoms with Gasteiger partial charge in [-0.1, -0.05) is 29.8 Å². The monoisotopic (exact) mass is 551 g/mol. The van der Waals surface area contributed by atoms with E-state index >= 15 is 0 Å². The van der Waals surface area contributed by atoms with Gasteiger partial charge in [-0.05, 0) is 64.5 Å². The molecule has 0 atom stereocenters. The lowest BCUT2D eigenvalue weighted by molar-refractivity contribution is 0.102. The van der Waals surface area contributed by atoms with Crippen molar-refractivity contribution < 1.29 is 17.6 Å². The molecule has 1 aliphatic heterocycles. The highest BCUT2D eigenvalue weighted by molar-refractivity contribution is 9.10. The number of para-hydroxylation sites is 1. The third-order valence-electron chi connectivity index (χ3n) is 5.35. The van der Waals surface area contributed by atoms with Crippen LogP contribution in [0.15, 0.2) is 76.1 Å². The summed E-state index contributed by atoms with van der Waals surface area (Å²) in [5.41, 5.74) is 1.03. The zero-order valence-corrected chi connectivity index (χ0v) is 20.5.